The van der Waals surface area contributed by atoms with E-state index in [0.29, 0.717) is 19.0 Å². The van der Waals surface area contributed by atoms with Crippen molar-refractivity contribution >= 4 is 11.8 Å². The van der Waals surface area contributed by atoms with E-state index >= 15 is 0 Å². The van der Waals surface area contributed by atoms with Gasteiger partial charge in [-0.2, -0.15) is 0 Å². The Hall–Kier alpha value is -1.88. The van der Waals surface area contributed by atoms with Crippen molar-refractivity contribution in [2.75, 3.05) is 26.2 Å². The second kappa shape index (κ2) is 10.5. The minimum absolute atomic E-state index is 0.0377. The monoisotopic (exact) mass is 371 g/mol. The third kappa shape index (κ3) is 6.06. The topological polar surface area (TPSA) is 61.4 Å². The molecule has 2 amide bonds. The first kappa shape index (κ1) is 19.9. The minimum Gasteiger partial charge on any atom is -0.354 e. The largest absolute Gasteiger partial charge is 0.354 e. The Morgan fingerprint density at radius 3 is 2.56 bits per heavy atom. The highest BCUT2D eigenvalue weighted by molar-refractivity contribution is 5.88. The van der Waals surface area contributed by atoms with Crippen molar-refractivity contribution in [1.29, 1.82) is 0 Å². The number of carbonyl (C=O) groups excluding carboxylic acids is 2. The van der Waals surface area contributed by atoms with Crippen molar-refractivity contribution < 1.29 is 9.59 Å². The van der Waals surface area contributed by atoms with Crippen molar-refractivity contribution in [3.63, 3.8) is 0 Å². The number of rotatable bonds is 8. The van der Waals surface area contributed by atoms with E-state index in [1.54, 1.807) is 4.90 Å². The zero-order chi connectivity index (χ0) is 18.9. The molecular weight excluding hydrogens is 338 g/mol. The second-order valence-corrected chi connectivity index (χ2v) is 7.91. The van der Waals surface area contributed by atoms with E-state index in [4.69, 9.17) is 0 Å². The fraction of sp³-hybridized carbons (Fsp3) is 0.636. The van der Waals surface area contributed by atoms with Crippen LogP contribution in [0.3, 0.4) is 0 Å². The Bertz CT molecular complexity index is 599. The molecule has 27 heavy (non-hydrogen) atoms. The van der Waals surface area contributed by atoms with E-state index in [0.717, 1.165) is 32.4 Å². The Morgan fingerprint density at radius 1 is 1.00 bits per heavy atom. The lowest BCUT2D eigenvalue weighted by Gasteiger charge is -2.26. The van der Waals surface area contributed by atoms with E-state index in [9.17, 15) is 9.59 Å². The van der Waals surface area contributed by atoms with E-state index in [1.165, 1.54) is 37.7 Å². The number of carbonyl (C=O) groups is 2. The molecular formula is C22H33N3O2. The maximum absolute atomic E-state index is 12.6. The van der Waals surface area contributed by atoms with Crippen molar-refractivity contribution in [1.82, 2.24) is 15.5 Å². The quantitative estimate of drug-likeness (QED) is 0.690. The molecule has 0 radical (unpaired) electrons. The standard InChI is InChI=1S/C22H33N3O2/c26-21(17-23-14-13-18-8-3-1-4-9-18)25-15-7-12-20(25)22(27)24-16-19-10-5-2-6-11-19/h1,3-4,8-9,19-20,23H,2,5-7,10-17H2,(H,24,27). The summed E-state index contributed by atoms with van der Waals surface area (Å²) in [7, 11) is 0. The fourth-order valence-corrected chi connectivity index (χ4v) is 4.27. The van der Waals surface area contributed by atoms with E-state index in [-0.39, 0.29) is 17.9 Å². The maximum atomic E-state index is 12.6. The van der Waals surface area contributed by atoms with Crippen molar-refractivity contribution in [3.05, 3.63) is 35.9 Å². The van der Waals surface area contributed by atoms with Crippen LogP contribution in [0.2, 0.25) is 0 Å². The third-order valence-electron chi connectivity index (χ3n) is 5.88. The highest BCUT2D eigenvalue weighted by atomic mass is 16.2. The highest BCUT2D eigenvalue weighted by Gasteiger charge is 2.33. The van der Waals surface area contributed by atoms with Gasteiger partial charge in [-0.3, -0.25) is 9.59 Å². The summed E-state index contributed by atoms with van der Waals surface area (Å²) in [6, 6.07) is 9.97. The summed E-state index contributed by atoms with van der Waals surface area (Å²) in [6.07, 6.45) is 8.93. The summed E-state index contributed by atoms with van der Waals surface area (Å²) in [5.41, 5.74) is 1.26. The average Bonchev–Trinajstić information content (AvgIpc) is 3.21. The van der Waals surface area contributed by atoms with Gasteiger partial charge in [0.1, 0.15) is 6.04 Å². The number of nitrogens with one attached hydrogen (secondary N) is 2. The summed E-state index contributed by atoms with van der Waals surface area (Å²) >= 11 is 0. The molecule has 1 saturated carbocycles. The van der Waals surface area contributed by atoms with Gasteiger partial charge in [-0.05, 0) is 50.1 Å². The van der Waals surface area contributed by atoms with Crippen LogP contribution in [0.5, 0.6) is 0 Å². The molecule has 148 valence electrons. The van der Waals surface area contributed by atoms with Gasteiger partial charge in [0.15, 0.2) is 0 Å². The summed E-state index contributed by atoms with van der Waals surface area (Å²) in [5.74, 6) is 0.696. The number of nitrogens with zero attached hydrogens (tertiary/aromatic N) is 1. The van der Waals surface area contributed by atoms with Gasteiger partial charge in [0.05, 0.1) is 6.54 Å². The summed E-state index contributed by atoms with van der Waals surface area (Å²) < 4.78 is 0. The summed E-state index contributed by atoms with van der Waals surface area (Å²) in [4.78, 5) is 26.9. The lowest BCUT2D eigenvalue weighted by Crippen LogP contribution is -2.49. The van der Waals surface area contributed by atoms with Crippen LogP contribution in [0.15, 0.2) is 30.3 Å². The van der Waals surface area contributed by atoms with Crippen LogP contribution in [0.4, 0.5) is 0 Å². The van der Waals surface area contributed by atoms with E-state index in [2.05, 4.69) is 22.8 Å². The first-order chi connectivity index (χ1) is 13.2. The zero-order valence-corrected chi connectivity index (χ0v) is 16.3. The molecule has 1 aromatic carbocycles. The summed E-state index contributed by atoms with van der Waals surface area (Å²) in [5, 5.41) is 6.35. The zero-order valence-electron chi connectivity index (χ0n) is 16.3. The van der Waals surface area contributed by atoms with Gasteiger partial charge in [-0.1, -0.05) is 49.6 Å². The molecule has 1 unspecified atom stereocenters. The molecule has 5 heteroatoms. The van der Waals surface area contributed by atoms with Gasteiger partial charge in [-0.15, -0.1) is 0 Å². The molecule has 1 heterocycles. The SMILES string of the molecule is O=C(NCC1CCCCC1)C1CCCN1C(=O)CNCCc1ccccc1. The molecule has 3 rings (SSSR count). The normalized spacial score (nSPS) is 20.6. The highest BCUT2D eigenvalue weighted by Crippen LogP contribution is 2.23. The van der Waals surface area contributed by atoms with Crippen LogP contribution in [-0.2, 0) is 16.0 Å². The molecule has 2 fully saturated rings. The molecule has 2 N–H and O–H groups in total. The molecule has 1 atom stereocenters. The average molecular weight is 372 g/mol. The number of likely N-dealkylation sites (tertiary alicyclic amines) is 1. The van der Waals surface area contributed by atoms with Crippen LogP contribution in [0, 0.1) is 5.92 Å². The molecule has 1 aromatic rings. The molecule has 0 spiro atoms. The molecule has 1 saturated heterocycles. The first-order valence-electron chi connectivity index (χ1n) is 10.6. The van der Waals surface area contributed by atoms with Gasteiger partial charge in [0.25, 0.3) is 0 Å². The smallest absolute Gasteiger partial charge is 0.242 e. The third-order valence-corrected chi connectivity index (χ3v) is 5.88. The number of amides is 2. The minimum atomic E-state index is -0.281. The fourth-order valence-electron chi connectivity index (χ4n) is 4.27. The molecule has 0 bridgehead atoms. The number of benzene rings is 1. The Morgan fingerprint density at radius 2 is 1.78 bits per heavy atom. The second-order valence-electron chi connectivity index (χ2n) is 7.91. The molecule has 0 aromatic heterocycles. The van der Waals surface area contributed by atoms with Gasteiger partial charge >= 0.3 is 0 Å². The molecule has 5 nitrogen and oxygen atoms in total. The van der Waals surface area contributed by atoms with Crippen LogP contribution >= 0.6 is 0 Å². The Labute approximate surface area is 162 Å². The van der Waals surface area contributed by atoms with Gasteiger partial charge < -0.3 is 15.5 Å². The predicted molar refractivity (Wildman–Crippen MR) is 107 cm³/mol. The van der Waals surface area contributed by atoms with Gasteiger partial charge in [0.2, 0.25) is 11.8 Å². The summed E-state index contributed by atoms with van der Waals surface area (Å²) in [6.45, 7) is 2.54. The Kier molecular flexibility index (Phi) is 7.69. The van der Waals surface area contributed by atoms with E-state index in [1.807, 2.05) is 18.2 Å². The van der Waals surface area contributed by atoms with Crippen molar-refractivity contribution in [2.45, 2.75) is 57.4 Å². The van der Waals surface area contributed by atoms with Crippen LogP contribution in [-0.4, -0.2) is 48.9 Å². The predicted octanol–water partition coefficient (Wildman–Crippen LogP) is 2.51. The number of hydrogen-bond donors (Lipinski definition) is 2. The van der Waals surface area contributed by atoms with Crippen molar-refractivity contribution in [2.24, 2.45) is 5.92 Å². The van der Waals surface area contributed by atoms with Crippen LogP contribution in [0.25, 0.3) is 0 Å². The lowest BCUT2D eigenvalue weighted by molar-refractivity contribution is -0.137. The van der Waals surface area contributed by atoms with Gasteiger partial charge in [0, 0.05) is 13.1 Å². The van der Waals surface area contributed by atoms with Crippen molar-refractivity contribution in [3.8, 4) is 0 Å². The van der Waals surface area contributed by atoms with E-state index < -0.39 is 0 Å². The molecule has 1 aliphatic carbocycles. The number of hydrogen-bond acceptors (Lipinski definition) is 3. The molecule has 1 aliphatic heterocycles. The maximum Gasteiger partial charge on any atom is 0.242 e. The Balaban J connectivity index is 1.38. The van der Waals surface area contributed by atoms with Crippen LogP contribution in [0.1, 0.15) is 50.5 Å². The molecule has 2 aliphatic rings. The lowest BCUT2D eigenvalue weighted by atomic mass is 9.89. The van der Waals surface area contributed by atoms with Gasteiger partial charge in [-0.25, -0.2) is 0 Å². The van der Waals surface area contributed by atoms with Crippen LogP contribution < -0.4 is 10.6 Å². The first-order valence-corrected chi connectivity index (χ1v) is 10.6.